The van der Waals surface area contributed by atoms with Crippen LogP contribution >= 0.6 is 0 Å². The third-order valence-corrected chi connectivity index (χ3v) is 5.51. The number of aryl methyl sites for hydroxylation is 1. The van der Waals surface area contributed by atoms with Gasteiger partial charge in [-0.3, -0.25) is 9.78 Å². The lowest BCUT2D eigenvalue weighted by Crippen LogP contribution is -2.15. The van der Waals surface area contributed by atoms with Crippen molar-refractivity contribution in [3.63, 3.8) is 0 Å². The Morgan fingerprint density at radius 3 is 2.50 bits per heavy atom. The van der Waals surface area contributed by atoms with E-state index in [1.54, 1.807) is 38.1 Å². The van der Waals surface area contributed by atoms with Crippen LogP contribution in [0.3, 0.4) is 0 Å². The molecule has 1 N–H and O–H groups in total. The van der Waals surface area contributed by atoms with E-state index < -0.39 is 18.4 Å². The normalized spacial score (nSPS) is 11.6. The molecule has 0 saturated carbocycles. The molecule has 10 heteroatoms. The number of benzene rings is 2. The largest absolute Gasteiger partial charge is 0.434 e. The highest BCUT2D eigenvalue weighted by Crippen LogP contribution is 2.33. The van der Waals surface area contributed by atoms with E-state index in [4.69, 9.17) is 0 Å². The van der Waals surface area contributed by atoms with Crippen LogP contribution in [0.1, 0.15) is 34.2 Å². The van der Waals surface area contributed by atoms with E-state index in [0.29, 0.717) is 28.3 Å². The van der Waals surface area contributed by atoms with Gasteiger partial charge < -0.3 is 10.1 Å². The van der Waals surface area contributed by atoms with E-state index in [0.717, 1.165) is 6.92 Å². The van der Waals surface area contributed by atoms with E-state index in [9.17, 15) is 22.4 Å². The lowest BCUT2D eigenvalue weighted by molar-refractivity contribution is -0.0494. The summed E-state index contributed by atoms with van der Waals surface area (Å²) in [4.78, 5) is 17.3. The number of nitrogens with zero attached hydrogens (tertiary/aromatic N) is 3. The van der Waals surface area contributed by atoms with Crippen LogP contribution < -0.4 is 10.1 Å². The van der Waals surface area contributed by atoms with Gasteiger partial charge in [0, 0.05) is 29.9 Å². The van der Waals surface area contributed by atoms with E-state index in [1.807, 2.05) is 0 Å². The average Bonchev–Trinajstić information content (AvgIpc) is 3.13. The predicted octanol–water partition coefficient (Wildman–Crippen LogP) is 6.52. The lowest BCUT2D eigenvalue weighted by atomic mass is 10.1. The first-order valence-electron chi connectivity index (χ1n) is 10.9. The van der Waals surface area contributed by atoms with E-state index in [-0.39, 0.29) is 22.6 Å². The Morgan fingerprint density at radius 2 is 1.83 bits per heavy atom. The molecule has 2 aromatic heterocycles. The molecular formula is C26H22F4N4O2. The van der Waals surface area contributed by atoms with Gasteiger partial charge >= 0.3 is 6.61 Å². The smallest absolute Gasteiger partial charge is 0.387 e. The van der Waals surface area contributed by atoms with Gasteiger partial charge in [-0.1, -0.05) is 18.2 Å². The van der Waals surface area contributed by atoms with E-state index in [1.165, 1.54) is 47.3 Å². The number of ether oxygens (including phenoxy) is 1. The maximum Gasteiger partial charge on any atom is 0.387 e. The van der Waals surface area contributed by atoms with Gasteiger partial charge in [0.05, 0.1) is 28.3 Å². The van der Waals surface area contributed by atoms with Crippen LogP contribution in [0.2, 0.25) is 0 Å². The maximum absolute atomic E-state index is 13.7. The molecule has 0 unspecified atom stereocenters. The Hall–Kier alpha value is -4.21. The third kappa shape index (κ3) is 5.22. The van der Waals surface area contributed by atoms with Gasteiger partial charge in [-0.05, 0) is 56.3 Å². The standard InChI is InChI=1S/C26H22F4N4O2/c1-15-23(24(35)32-18-8-6-7-17(13-18)26(3,29)30)16(2)34(33-15)19-10-11-22(36-25(27)28)20(14-19)21-9-4-5-12-31-21/h4-14,25H,1-3H3,(H,32,35). The van der Waals surface area contributed by atoms with Crippen molar-refractivity contribution in [2.45, 2.75) is 33.3 Å². The van der Waals surface area contributed by atoms with E-state index >= 15 is 0 Å². The Morgan fingerprint density at radius 1 is 1.06 bits per heavy atom. The zero-order chi connectivity index (χ0) is 26.0. The number of hydrogen-bond acceptors (Lipinski definition) is 4. The maximum atomic E-state index is 13.7. The molecule has 2 heterocycles. The molecule has 36 heavy (non-hydrogen) atoms. The van der Waals surface area contributed by atoms with Crippen molar-refractivity contribution in [1.29, 1.82) is 0 Å². The van der Waals surface area contributed by atoms with Gasteiger partial charge in [0.2, 0.25) is 0 Å². The molecule has 4 rings (SSSR count). The Kier molecular flexibility index (Phi) is 6.78. The molecule has 1 amide bonds. The van der Waals surface area contributed by atoms with Crippen LogP contribution in [0.25, 0.3) is 16.9 Å². The highest BCUT2D eigenvalue weighted by atomic mass is 19.3. The number of nitrogens with one attached hydrogen (secondary N) is 1. The highest BCUT2D eigenvalue weighted by Gasteiger charge is 2.25. The van der Waals surface area contributed by atoms with Crippen molar-refractivity contribution in [1.82, 2.24) is 14.8 Å². The molecule has 4 aromatic rings. The molecule has 0 aliphatic rings. The minimum Gasteiger partial charge on any atom is -0.434 e. The molecule has 0 fully saturated rings. The molecular weight excluding hydrogens is 476 g/mol. The molecule has 0 bridgehead atoms. The topological polar surface area (TPSA) is 69.0 Å². The number of alkyl halides is 4. The third-order valence-electron chi connectivity index (χ3n) is 5.51. The second-order valence-corrected chi connectivity index (χ2v) is 8.15. The quantitative estimate of drug-likeness (QED) is 0.295. The number of anilines is 1. The number of rotatable bonds is 7. The lowest BCUT2D eigenvalue weighted by Gasteiger charge is -2.14. The number of carbonyl (C=O) groups excluding carboxylic acids is 1. The van der Waals surface area contributed by atoms with Gasteiger partial charge in [0.15, 0.2) is 0 Å². The first-order chi connectivity index (χ1) is 17.0. The summed E-state index contributed by atoms with van der Waals surface area (Å²) in [6.45, 7) is 1.08. The molecule has 0 aliphatic carbocycles. The predicted molar refractivity (Wildman–Crippen MR) is 127 cm³/mol. The van der Waals surface area contributed by atoms with Crippen LogP contribution in [-0.2, 0) is 5.92 Å². The number of pyridine rings is 1. The van der Waals surface area contributed by atoms with Crippen LogP contribution in [-0.4, -0.2) is 27.3 Å². The fraction of sp³-hybridized carbons (Fsp3) is 0.192. The van der Waals surface area contributed by atoms with Crippen molar-refractivity contribution >= 4 is 11.6 Å². The summed E-state index contributed by atoms with van der Waals surface area (Å²) < 4.78 is 59.5. The zero-order valence-electron chi connectivity index (χ0n) is 19.6. The second-order valence-electron chi connectivity index (χ2n) is 8.15. The minimum atomic E-state index is -3.05. The van der Waals surface area contributed by atoms with E-state index in [2.05, 4.69) is 20.1 Å². The van der Waals surface area contributed by atoms with Crippen molar-refractivity contribution < 1.29 is 27.1 Å². The molecule has 0 spiro atoms. The van der Waals surface area contributed by atoms with Crippen LogP contribution in [0.4, 0.5) is 23.2 Å². The Balaban J connectivity index is 1.70. The van der Waals surface area contributed by atoms with Crippen molar-refractivity contribution in [2.75, 3.05) is 5.32 Å². The molecule has 2 aromatic carbocycles. The first kappa shape index (κ1) is 24.9. The number of halogens is 4. The second kappa shape index (κ2) is 9.80. The monoisotopic (exact) mass is 498 g/mol. The van der Waals surface area contributed by atoms with Gasteiger partial charge in [-0.25, -0.2) is 13.5 Å². The summed E-state index contributed by atoms with van der Waals surface area (Å²) in [6.07, 6.45) is 1.53. The van der Waals surface area contributed by atoms with Gasteiger partial charge in [-0.15, -0.1) is 0 Å². The van der Waals surface area contributed by atoms with Gasteiger partial charge in [0.25, 0.3) is 11.8 Å². The first-order valence-corrected chi connectivity index (χ1v) is 10.9. The summed E-state index contributed by atoms with van der Waals surface area (Å²) in [5.74, 6) is -3.63. The molecule has 0 aliphatic heterocycles. The molecule has 0 saturated heterocycles. The van der Waals surface area contributed by atoms with Crippen molar-refractivity contribution in [3.8, 4) is 22.7 Å². The van der Waals surface area contributed by atoms with Crippen LogP contribution in [0.15, 0.2) is 66.9 Å². The SMILES string of the molecule is Cc1nn(-c2ccc(OC(F)F)c(-c3ccccn3)c2)c(C)c1C(=O)Nc1cccc(C(C)(F)F)c1. The molecule has 6 nitrogen and oxygen atoms in total. The molecule has 0 atom stereocenters. The number of aromatic nitrogens is 3. The highest BCUT2D eigenvalue weighted by molar-refractivity contribution is 6.06. The zero-order valence-corrected chi connectivity index (χ0v) is 19.6. The van der Waals surface area contributed by atoms with Gasteiger partial charge in [0.1, 0.15) is 5.75 Å². The summed E-state index contributed by atoms with van der Waals surface area (Å²) in [5.41, 5.74) is 2.35. The minimum absolute atomic E-state index is 0.0560. The fourth-order valence-corrected chi connectivity index (χ4v) is 3.86. The number of carbonyl (C=O) groups is 1. The summed E-state index contributed by atoms with van der Waals surface area (Å²) >= 11 is 0. The summed E-state index contributed by atoms with van der Waals surface area (Å²) in [5, 5.41) is 7.10. The molecule has 0 radical (unpaired) electrons. The Bertz CT molecular complexity index is 1400. The summed E-state index contributed by atoms with van der Waals surface area (Å²) in [7, 11) is 0. The van der Waals surface area contributed by atoms with Crippen molar-refractivity contribution in [2.24, 2.45) is 0 Å². The van der Waals surface area contributed by atoms with Crippen molar-refractivity contribution in [3.05, 3.63) is 89.4 Å². The van der Waals surface area contributed by atoms with Crippen LogP contribution in [0.5, 0.6) is 5.75 Å². The fourth-order valence-electron chi connectivity index (χ4n) is 3.86. The van der Waals surface area contributed by atoms with Gasteiger partial charge in [-0.2, -0.15) is 13.9 Å². The van der Waals surface area contributed by atoms with Crippen LogP contribution in [0, 0.1) is 13.8 Å². The molecule has 186 valence electrons. The number of amides is 1. The summed E-state index contributed by atoms with van der Waals surface area (Å²) in [6, 6.07) is 15.0. The average molecular weight is 498 g/mol. The number of hydrogen-bond donors (Lipinski definition) is 1. The Labute approximate surface area is 204 Å².